The highest BCUT2D eigenvalue weighted by Crippen LogP contribution is 2.39. The second-order valence-corrected chi connectivity index (χ2v) is 8.43. The Morgan fingerprint density at radius 2 is 1.78 bits per heavy atom. The number of hydrogen-bond acceptors (Lipinski definition) is 7. The van der Waals surface area contributed by atoms with Crippen LogP contribution < -0.4 is 15.0 Å². The minimum atomic E-state index is -0.705. The molecule has 3 heterocycles. The molecule has 1 aliphatic carbocycles. The van der Waals surface area contributed by atoms with Gasteiger partial charge in [-0.15, -0.1) is 5.10 Å². The fourth-order valence-corrected chi connectivity index (χ4v) is 4.77. The van der Waals surface area contributed by atoms with Gasteiger partial charge < -0.3 is 15.0 Å². The monoisotopic (exact) mass is 441 g/mol. The van der Waals surface area contributed by atoms with Crippen molar-refractivity contribution < 1.29 is 13.5 Å². The highest BCUT2D eigenvalue weighted by Gasteiger charge is 2.43. The number of rotatable bonds is 6. The van der Waals surface area contributed by atoms with Crippen molar-refractivity contribution in [2.75, 3.05) is 23.3 Å². The normalized spacial score (nSPS) is 22.2. The Morgan fingerprint density at radius 1 is 1.06 bits per heavy atom. The molecule has 2 aliphatic rings. The maximum atomic E-state index is 13.5. The van der Waals surface area contributed by atoms with E-state index >= 15 is 0 Å². The number of fused-ring (bicyclic) bond motifs is 2. The minimum absolute atomic E-state index is 0.0460. The maximum Gasteiger partial charge on any atom is 0.322 e. The number of nitrogens with one attached hydrogen (secondary N) is 1. The summed E-state index contributed by atoms with van der Waals surface area (Å²) in [6.07, 6.45) is 3.87. The average molecular weight is 441 g/mol. The van der Waals surface area contributed by atoms with Crippen molar-refractivity contribution in [1.82, 2.24) is 24.7 Å². The number of aryl methyl sites for hydroxylation is 2. The molecule has 1 N–H and O–H groups in total. The highest BCUT2D eigenvalue weighted by molar-refractivity contribution is 5.42. The lowest BCUT2D eigenvalue weighted by Gasteiger charge is -2.38. The van der Waals surface area contributed by atoms with Gasteiger partial charge in [0.2, 0.25) is 5.95 Å². The number of aromatic nitrogens is 5. The Kier molecular flexibility index (Phi) is 5.36. The van der Waals surface area contributed by atoms with Crippen LogP contribution in [0, 0.1) is 30.4 Å². The number of benzene rings is 1. The molecule has 10 heteroatoms. The van der Waals surface area contributed by atoms with Crippen molar-refractivity contribution in [2.24, 2.45) is 11.8 Å². The van der Waals surface area contributed by atoms with Crippen molar-refractivity contribution >= 4 is 11.8 Å². The largest absolute Gasteiger partial charge is 0.424 e. The molecule has 0 spiro atoms. The fraction of sp³-hybridized carbons (Fsp3) is 0.455. The SMILES string of the molecule is CCn1nc(NC2C3CCC2CN(c2cc(C)ncn2)C3)nc1Oc1cc(F)cc(F)c1. The summed E-state index contributed by atoms with van der Waals surface area (Å²) in [5, 5.41) is 8.00. The standard InChI is InChI=1S/C22H25F2N7O/c1-3-31-22(32-18-8-16(23)7-17(24)9-18)28-21(29-31)27-20-14-4-5-15(20)11-30(10-14)19-6-13(2)25-12-26-19/h6-9,12,14-15,20H,3-5,10-11H2,1-2H3,(H,27,29). The minimum Gasteiger partial charge on any atom is -0.424 e. The van der Waals surface area contributed by atoms with Gasteiger partial charge in [0.15, 0.2) is 0 Å². The van der Waals surface area contributed by atoms with Crippen molar-refractivity contribution in [2.45, 2.75) is 39.3 Å². The van der Waals surface area contributed by atoms with Crippen LogP contribution in [0.1, 0.15) is 25.5 Å². The quantitative estimate of drug-likeness (QED) is 0.623. The van der Waals surface area contributed by atoms with Crippen molar-refractivity contribution in [3.05, 3.63) is 47.9 Å². The Morgan fingerprint density at radius 3 is 2.44 bits per heavy atom. The zero-order valence-corrected chi connectivity index (χ0v) is 18.0. The molecule has 1 aliphatic heterocycles. The van der Waals surface area contributed by atoms with Gasteiger partial charge in [0, 0.05) is 55.6 Å². The van der Waals surface area contributed by atoms with Gasteiger partial charge in [-0.1, -0.05) is 0 Å². The third kappa shape index (κ3) is 4.09. The van der Waals surface area contributed by atoms with E-state index in [1.54, 1.807) is 11.0 Å². The van der Waals surface area contributed by atoms with Crippen LogP contribution in [0.2, 0.25) is 0 Å². The van der Waals surface area contributed by atoms with E-state index in [0.29, 0.717) is 24.3 Å². The molecule has 1 saturated heterocycles. The van der Waals surface area contributed by atoms with E-state index in [2.05, 4.69) is 30.3 Å². The van der Waals surface area contributed by atoms with Gasteiger partial charge in [0.05, 0.1) is 0 Å². The van der Waals surface area contributed by atoms with Gasteiger partial charge in [-0.2, -0.15) is 4.98 Å². The summed E-state index contributed by atoms with van der Waals surface area (Å²) < 4.78 is 34.2. The first-order chi connectivity index (χ1) is 15.5. The Balaban J connectivity index is 1.30. The third-order valence-corrected chi connectivity index (χ3v) is 6.23. The molecule has 2 unspecified atom stereocenters. The number of anilines is 2. The summed E-state index contributed by atoms with van der Waals surface area (Å²) in [5.74, 6) is 0.959. The van der Waals surface area contributed by atoms with Gasteiger partial charge in [-0.25, -0.2) is 23.4 Å². The van der Waals surface area contributed by atoms with Gasteiger partial charge in [0.25, 0.3) is 0 Å². The molecule has 32 heavy (non-hydrogen) atoms. The first kappa shape index (κ1) is 20.6. The van der Waals surface area contributed by atoms with Crippen molar-refractivity contribution in [3.63, 3.8) is 0 Å². The summed E-state index contributed by atoms with van der Waals surface area (Å²) in [6, 6.07) is 5.51. The fourth-order valence-electron chi connectivity index (χ4n) is 4.77. The number of halogens is 2. The topological polar surface area (TPSA) is 81.0 Å². The molecule has 2 bridgehead atoms. The molecule has 1 saturated carbocycles. The van der Waals surface area contributed by atoms with E-state index in [0.717, 1.165) is 55.6 Å². The molecule has 3 aromatic rings. The van der Waals surface area contributed by atoms with E-state index in [1.165, 1.54) is 0 Å². The van der Waals surface area contributed by atoms with Gasteiger partial charge >= 0.3 is 6.01 Å². The third-order valence-electron chi connectivity index (χ3n) is 6.23. The molecule has 2 atom stereocenters. The van der Waals surface area contributed by atoms with Crippen LogP contribution in [-0.4, -0.2) is 43.9 Å². The zero-order chi connectivity index (χ0) is 22.2. The van der Waals surface area contributed by atoms with E-state index in [1.807, 2.05) is 19.9 Å². The molecular weight excluding hydrogens is 416 g/mol. The predicted molar refractivity (Wildman–Crippen MR) is 115 cm³/mol. The Hall–Kier alpha value is -3.30. The van der Waals surface area contributed by atoms with E-state index in [4.69, 9.17) is 4.74 Å². The summed E-state index contributed by atoms with van der Waals surface area (Å²) in [5.41, 5.74) is 0.961. The van der Waals surface area contributed by atoms with Crippen LogP contribution in [0.4, 0.5) is 20.5 Å². The number of nitrogens with zero attached hydrogens (tertiary/aromatic N) is 6. The predicted octanol–water partition coefficient (Wildman–Crippen LogP) is 3.79. The molecule has 2 aromatic heterocycles. The Labute approximate surface area is 184 Å². The van der Waals surface area contributed by atoms with Gasteiger partial charge in [-0.3, -0.25) is 0 Å². The molecule has 2 fully saturated rings. The lowest BCUT2D eigenvalue weighted by molar-refractivity contribution is 0.374. The average Bonchev–Trinajstić information content (AvgIpc) is 3.22. The van der Waals surface area contributed by atoms with Crippen LogP contribution in [0.15, 0.2) is 30.6 Å². The number of piperidine rings is 1. The van der Waals surface area contributed by atoms with E-state index in [9.17, 15) is 8.78 Å². The molecular formula is C22H25F2N7O. The second-order valence-electron chi connectivity index (χ2n) is 8.43. The van der Waals surface area contributed by atoms with E-state index in [-0.39, 0.29) is 17.8 Å². The summed E-state index contributed by atoms with van der Waals surface area (Å²) in [6.45, 7) is 6.21. The van der Waals surface area contributed by atoms with Crippen LogP contribution in [0.25, 0.3) is 0 Å². The molecule has 0 radical (unpaired) electrons. The molecule has 168 valence electrons. The first-order valence-corrected chi connectivity index (χ1v) is 10.9. The molecule has 8 nitrogen and oxygen atoms in total. The van der Waals surface area contributed by atoms with Crippen LogP contribution in [-0.2, 0) is 6.54 Å². The molecule has 0 amide bonds. The maximum absolute atomic E-state index is 13.5. The lowest BCUT2D eigenvalue weighted by Crippen LogP contribution is -2.48. The number of ether oxygens (including phenoxy) is 1. The van der Waals surface area contributed by atoms with Crippen molar-refractivity contribution in [1.29, 1.82) is 0 Å². The summed E-state index contributed by atoms with van der Waals surface area (Å²) >= 11 is 0. The van der Waals surface area contributed by atoms with E-state index < -0.39 is 11.6 Å². The van der Waals surface area contributed by atoms with Crippen LogP contribution in [0.5, 0.6) is 11.8 Å². The lowest BCUT2D eigenvalue weighted by atomic mass is 9.92. The summed E-state index contributed by atoms with van der Waals surface area (Å²) in [7, 11) is 0. The van der Waals surface area contributed by atoms with Crippen LogP contribution >= 0.6 is 0 Å². The van der Waals surface area contributed by atoms with Gasteiger partial charge in [-0.05, 0) is 38.5 Å². The van der Waals surface area contributed by atoms with Gasteiger partial charge in [0.1, 0.15) is 29.5 Å². The smallest absolute Gasteiger partial charge is 0.322 e. The molecule has 5 rings (SSSR count). The zero-order valence-electron chi connectivity index (χ0n) is 18.0. The molecule has 1 aromatic carbocycles. The van der Waals surface area contributed by atoms with Crippen molar-refractivity contribution in [3.8, 4) is 11.8 Å². The second kappa shape index (κ2) is 8.33. The first-order valence-electron chi connectivity index (χ1n) is 10.9. The Bertz CT molecular complexity index is 1090. The highest BCUT2D eigenvalue weighted by atomic mass is 19.1. The van der Waals surface area contributed by atoms with Crippen LogP contribution in [0.3, 0.4) is 0 Å². The summed E-state index contributed by atoms with van der Waals surface area (Å²) in [4.78, 5) is 15.4. The number of hydrogen-bond donors (Lipinski definition) is 1.